The number of aliphatic carboxylic acids is 2. The molecule has 10 nitrogen and oxygen atoms in total. The predicted octanol–water partition coefficient (Wildman–Crippen LogP) is 1.30. The highest BCUT2D eigenvalue weighted by molar-refractivity contribution is 6.13. The molecule has 0 aliphatic carbocycles. The molecule has 10 heteroatoms. The maximum atomic E-state index is 11.1. The highest BCUT2D eigenvalue weighted by Crippen LogP contribution is 2.07. The quantitative estimate of drug-likeness (QED) is 0.206. The Kier molecular flexibility index (Phi) is 16.5. The van der Waals surface area contributed by atoms with E-state index in [1.54, 1.807) is 0 Å². The number of imide groups is 1. The Morgan fingerprint density at radius 2 is 1.35 bits per heavy atom. The molecule has 176 valence electrons. The van der Waals surface area contributed by atoms with Gasteiger partial charge in [0.05, 0.1) is 6.54 Å². The minimum Gasteiger partial charge on any atom is -0.480 e. The Labute approximate surface area is 183 Å². The van der Waals surface area contributed by atoms with Gasteiger partial charge < -0.3 is 20.8 Å². The van der Waals surface area contributed by atoms with Crippen LogP contribution >= 0.6 is 0 Å². The summed E-state index contributed by atoms with van der Waals surface area (Å²) in [6.45, 7) is 2.64. The van der Waals surface area contributed by atoms with E-state index in [0.29, 0.717) is 0 Å². The molecule has 0 atom stereocenters. The number of nitrogens with zero attached hydrogens (tertiary/aromatic N) is 1. The van der Waals surface area contributed by atoms with Gasteiger partial charge in [0.15, 0.2) is 0 Å². The smallest absolute Gasteiger partial charge is 0.322 e. The molecule has 0 aromatic rings. The van der Waals surface area contributed by atoms with Crippen molar-refractivity contribution < 1.29 is 34.2 Å². The van der Waals surface area contributed by atoms with Gasteiger partial charge in [0.1, 0.15) is 6.54 Å². The molecule has 0 saturated carbocycles. The third kappa shape index (κ3) is 16.7. The van der Waals surface area contributed by atoms with Crippen molar-refractivity contribution in [3.05, 3.63) is 12.2 Å². The fraction of sp³-hybridized carbons (Fsp3) is 0.667. The highest BCUT2D eigenvalue weighted by atomic mass is 16.4. The summed E-state index contributed by atoms with van der Waals surface area (Å²) in [5.41, 5.74) is 0. The van der Waals surface area contributed by atoms with Crippen molar-refractivity contribution in [3.63, 3.8) is 0 Å². The molecule has 1 aliphatic rings. The number of carboxylic acids is 2. The van der Waals surface area contributed by atoms with Crippen molar-refractivity contribution in [3.8, 4) is 0 Å². The maximum Gasteiger partial charge on any atom is 0.322 e. The van der Waals surface area contributed by atoms with E-state index in [2.05, 4.69) is 17.6 Å². The Balaban J connectivity index is 0.000000582. The topological polar surface area (TPSA) is 153 Å². The predicted molar refractivity (Wildman–Crippen MR) is 114 cm³/mol. The Morgan fingerprint density at radius 3 is 1.87 bits per heavy atom. The molecule has 1 heterocycles. The summed E-state index contributed by atoms with van der Waals surface area (Å²) in [5, 5.41) is 21.7. The van der Waals surface area contributed by atoms with Gasteiger partial charge in [-0.25, -0.2) is 0 Å². The molecule has 0 aromatic heterocycles. The minimum atomic E-state index is -1.15. The molecule has 1 aliphatic heterocycles. The number of nitrogens with one attached hydrogen (secondary N) is 2. The summed E-state index contributed by atoms with van der Waals surface area (Å²) < 4.78 is 0. The molecule has 0 bridgehead atoms. The van der Waals surface area contributed by atoms with Gasteiger partial charge in [-0.3, -0.25) is 28.9 Å². The first-order valence-corrected chi connectivity index (χ1v) is 10.7. The van der Waals surface area contributed by atoms with E-state index < -0.39 is 36.2 Å². The highest BCUT2D eigenvalue weighted by Gasteiger charge is 2.23. The van der Waals surface area contributed by atoms with Crippen LogP contribution in [0.2, 0.25) is 0 Å². The molecular formula is C21H35N3O7. The number of hydrogen-bond acceptors (Lipinski definition) is 6. The molecule has 3 amide bonds. The van der Waals surface area contributed by atoms with E-state index in [1.807, 2.05) is 0 Å². The van der Waals surface area contributed by atoms with E-state index in [-0.39, 0.29) is 19.5 Å². The minimum absolute atomic E-state index is 0.0455. The fourth-order valence-corrected chi connectivity index (χ4v) is 2.71. The maximum absolute atomic E-state index is 11.1. The normalized spacial score (nSPS) is 12.5. The zero-order valence-corrected chi connectivity index (χ0v) is 18.2. The molecule has 0 fully saturated rings. The molecule has 31 heavy (non-hydrogen) atoms. The molecule has 1 rings (SSSR count). The van der Waals surface area contributed by atoms with Crippen LogP contribution in [-0.4, -0.2) is 71.0 Å². The first-order valence-electron chi connectivity index (χ1n) is 10.7. The second-order valence-corrected chi connectivity index (χ2v) is 7.13. The van der Waals surface area contributed by atoms with Crippen molar-refractivity contribution in [1.82, 2.24) is 15.5 Å². The first kappa shape index (κ1) is 28.2. The summed E-state index contributed by atoms with van der Waals surface area (Å²) in [4.78, 5) is 54.4. The third-order valence-corrected chi connectivity index (χ3v) is 4.38. The zero-order chi connectivity index (χ0) is 23.5. The number of carboxylic acid groups (broad SMARTS) is 2. The molecule has 0 aromatic carbocycles. The first-order chi connectivity index (χ1) is 14.8. The number of unbranched alkanes of at least 4 members (excludes halogenated alkanes) is 7. The number of hydrogen-bond donors (Lipinski definition) is 4. The molecule has 0 unspecified atom stereocenters. The van der Waals surface area contributed by atoms with E-state index in [9.17, 15) is 24.0 Å². The van der Waals surface area contributed by atoms with Crippen LogP contribution in [0.5, 0.6) is 0 Å². The average molecular weight is 442 g/mol. The van der Waals surface area contributed by atoms with Gasteiger partial charge in [0.2, 0.25) is 5.91 Å². The Morgan fingerprint density at radius 1 is 0.839 bits per heavy atom. The number of carbonyl (C=O) groups excluding carboxylic acids is 3. The molecule has 0 saturated heterocycles. The summed E-state index contributed by atoms with van der Waals surface area (Å²) in [5.74, 6) is -3.36. The lowest BCUT2D eigenvalue weighted by Crippen LogP contribution is -2.36. The van der Waals surface area contributed by atoms with Crippen LogP contribution in [-0.2, 0) is 24.0 Å². The lowest BCUT2D eigenvalue weighted by atomic mass is 10.1. The average Bonchev–Trinajstić information content (AvgIpc) is 3.04. The SMILES string of the molecule is CCCCCCCCCCNCC(=O)O.O=C(O)CNC(=O)CCN1C(=O)C=CC1=O. The largest absolute Gasteiger partial charge is 0.480 e. The number of amides is 3. The molecule has 4 N–H and O–H groups in total. The van der Waals surface area contributed by atoms with Gasteiger partial charge in [-0.15, -0.1) is 0 Å². The van der Waals surface area contributed by atoms with E-state index >= 15 is 0 Å². The van der Waals surface area contributed by atoms with Crippen LogP contribution in [0.25, 0.3) is 0 Å². The lowest BCUT2D eigenvalue weighted by Gasteiger charge is -2.12. The van der Waals surface area contributed by atoms with Crippen molar-refractivity contribution in [2.45, 2.75) is 64.7 Å². The Bertz CT molecular complexity index is 602. The van der Waals surface area contributed by atoms with Crippen LogP contribution in [0.4, 0.5) is 0 Å². The fourth-order valence-electron chi connectivity index (χ4n) is 2.71. The Hall–Kier alpha value is -2.75. The second kappa shape index (κ2) is 18.1. The summed E-state index contributed by atoms with van der Waals surface area (Å²) in [7, 11) is 0. The van der Waals surface area contributed by atoms with Gasteiger partial charge in [0, 0.05) is 25.1 Å². The summed E-state index contributed by atoms with van der Waals surface area (Å²) in [6, 6.07) is 0. The van der Waals surface area contributed by atoms with Gasteiger partial charge in [0.25, 0.3) is 11.8 Å². The summed E-state index contributed by atoms with van der Waals surface area (Å²) >= 11 is 0. The standard InChI is InChI=1S/C12H25NO2.C9H10N2O5/c1-2-3-4-5-6-7-8-9-10-13-11-12(14)15;12-6(10-5-9(15)16)3-4-11-7(13)1-2-8(11)14/h13H,2-11H2,1H3,(H,14,15);1-2H,3-5H2,(H,10,12)(H,15,16). The van der Waals surface area contributed by atoms with Gasteiger partial charge in [-0.2, -0.15) is 0 Å². The third-order valence-electron chi connectivity index (χ3n) is 4.38. The van der Waals surface area contributed by atoms with Crippen LogP contribution < -0.4 is 10.6 Å². The van der Waals surface area contributed by atoms with Crippen molar-refractivity contribution >= 4 is 29.7 Å². The lowest BCUT2D eigenvalue weighted by molar-refractivity contribution is -0.139. The second-order valence-electron chi connectivity index (χ2n) is 7.13. The van der Waals surface area contributed by atoms with Gasteiger partial charge in [-0.1, -0.05) is 51.9 Å². The van der Waals surface area contributed by atoms with Crippen molar-refractivity contribution in [2.75, 3.05) is 26.2 Å². The molecule has 0 radical (unpaired) electrons. The molecule has 0 spiro atoms. The van der Waals surface area contributed by atoms with Gasteiger partial charge >= 0.3 is 11.9 Å². The van der Waals surface area contributed by atoms with Crippen molar-refractivity contribution in [1.29, 1.82) is 0 Å². The van der Waals surface area contributed by atoms with Crippen LogP contribution in [0.15, 0.2) is 12.2 Å². The van der Waals surface area contributed by atoms with Crippen LogP contribution in [0, 0.1) is 0 Å². The van der Waals surface area contributed by atoms with Crippen molar-refractivity contribution in [2.24, 2.45) is 0 Å². The van der Waals surface area contributed by atoms with Crippen LogP contribution in [0.3, 0.4) is 0 Å². The van der Waals surface area contributed by atoms with E-state index in [4.69, 9.17) is 10.2 Å². The monoisotopic (exact) mass is 441 g/mol. The molecular weight excluding hydrogens is 406 g/mol. The van der Waals surface area contributed by atoms with Crippen LogP contribution in [0.1, 0.15) is 64.7 Å². The zero-order valence-electron chi connectivity index (χ0n) is 18.2. The number of carbonyl (C=O) groups is 5. The van der Waals surface area contributed by atoms with Gasteiger partial charge in [-0.05, 0) is 13.0 Å². The summed E-state index contributed by atoms with van der Waals surface area (Å²) in [6.07, 6.45) is 12.5. The van der Waals surface area contributed by atoms with E-state index in [1.165, 1.54) is 44.9 Å². The van der Waals surface area contributed by atoms with E-state index in [0.717, 1.165) is 30.0 Å². The number of rotatable bonds is 16.